The van der Waals surface area contributed by atoms with Gasteiger partial charge in [0.25, 0.3) is 0 Å². The fourth-order valence-corrected chi connectivity index (χ4v) is 2.74. The van der Waals surface area contributed by atoms with Crippen LogP contribution in [0, 0.1) is 27.4 Å². The summed E-state index contributed by atoms with van der Waals surface area (Å²) >= 11 is 0. The molecule has 0 aliphatic heterocycles. The summed E-state index contributed by atoms with van der Waals surface area (Å²) in [6, 6.07) is 3.43. The first-order chi connectivity index (χ1) is 9.65. The Hall–Kier alpha value is -2.16. The van der Waals surface area contributed by atoms with Gasteiger partial charge in [0.2, 0.25) is 5.82 Å². The van der Waals surface area contributed by atoms with E-state index in [2.05, 4.69) is 17.2 Å². The maximum atomic E-state index is 11.1. The maximum absolute atomic E-state index is 11.1. The Bertz CT molecular complexity index is 530. The summed E-state index contributed by atoms with van der Waals surface area (Å²) in [5.74, 6) is 0.982. The molecule has 6 nitrogen and oxygen atoms in total. The van der Waals surface area contributed by atoms with Crippen molar-refractivity contribution >= 4 is 11.5 Å². The third kappa shape index (κ3) is 3.05. The lowest BCUT2D eigenvalue weighted by molar-refractivity contribution is -0.384. The number of hydrogen-bond donors (Lipinski definition) is 1. The molecule has 1 aromatic rings. The molecule has 1 aromatic heterocycles. The smallest absolute Gasteiger partial charge is 0.328 e. The number of anilines is 1. The van der Waals surface area contributed by atoms with Crippen molar-refractivity contribution in [1.29, 1.82) is 5.26 Å². The van der Waals surface area contributed by atoms with E-state index in [0.717, 1.165) is 31.6 Å². The van der Waals surface area contributed by atoms with Gasteiger partial charge in [-0.2, -0.15) is 5.26 Å². The molecule has 0 unspecified atom stereocenters. The lowest BCUT2D eigenvalue weighted by atomic mass is 9.84. The molecule has 0 atom stereocenters. The molecule has 106 valence electrons. The monoisotopic (exact) mass is 274 g/mol. The zero-order valence-corrected chi connectivity index (χ0v) is 11.5. The van der Waals surface area contributed by atoms with E-state index in [-0.39, 0.29) is 23.1 Å². The van der Waals surface area contributed by atoms with Crippen molar-refractivity contribution in [3.8, 4) is 6.07 Å². The Labute approximate surface area is 118 Å². The third-order valence-electron chi connectivity index (χ3n) is 3.99. The highest BCUT2D eigenvalue weighted by Gasteiger charge is 2.25. The van der Waals surface area contributed by atoms with Crippen molar-refractivity contribution in [3.05, 3.63) is 27.9 Å². The molecule has 1 saturated carbocycles. The van der Waals surface area contributed by atoms with Gasteiger partial charge in [-0.3, -0.25) is 10.1 Å². The van der Waals surface area contributed by atoms with Crippen LogP contribution in [0.15, 0.2) is 12.3 Å². The molecule has 0 amide bonds. The third-order valence-corrected chi connectivity index (χ3v) is 3.99. The minimum Gasteiger partial charge on any atom is -0.362 e. The van der Waals surface area contributed by atoms with Gasteiger partial charge in [0.15, 0.2) is 0 Å². The predicted octanol–water partition coefficient (Wildman–Crippen LogP) is 3.24. The number of nitro groups is 1. The Kier molecular flexibility index (Phi) is 4.51. The number of pyridine rings is 1. The Morgan fingerprint density at radius 3 is 2.75 bits per heavy atom. The standard InChI is InChI=1S/C14H18N4O2/c1-2-10-3-5-12(6-4-10)17-14-13(18(19)20)11(9-15)7-8-16-14/h7-8,10,12H,2-6H2,1H3,(H,16,17). The van der Waals surface area contributed by atoms with Gasteiger partial charge >= 0.3 is 5.69 Å². The molecule has 2 rings (SSSR count). The number of hydrogen-bond acceptors (Lipinski definition) is 5. The van der Waals surface area contributed by atoms with E-state index in [9.17, 15) is 10.1 Å². The topological polar surface area (TPSA) is 91.8 Å². The van der Waals surface area contributed by atoms with Crippen LogP contribution in [0.25, 0.3) is 0 Å². The molecule has 6 heteroatoms. The Morgan fingerprint density at radius 1 is 1.50 bits per heavy atom. The van der Waals surface area contributed by atoms with E-state index < -0.39 is 4.92 Å². The fraction of sp³-hybridized carbons (Fsp3) is 0.571. The highest BCUT2D eigenvalue weighted by atomic mass is 16.6. The zero-order valence-electron chi connectivity index (χ0n) is 11.5. The average molecular weight is 274 g/mol. The van der Waals surface area contributed by atoms with Gasteiger partial charge in [-0.1, -0.05) is 13.3 Å². The minimum atomic E-state index is -0.536. The maximum Gasteiger partial charge on any atom is 0.328 e. The van der Waals surface area contributed by atoms with Crippen LogP contribution in [0.1, 0.15) is 44.6 Å². The van der Waals surface area contributed by atoms with Gasteiger partial charge < -0.3 is 5.32 Å². The van der Waals surface area contributed by atoms with Crippen LogP contribution in [0.3, 0.4) is 0 Å². The summed E-state index contributed by atoms with van der Waals surface area (Å²) in [5.41, 5.74) is -0.164. The summed E-state index contributed by atoms with van der Waals surface area (Å²) in [4.78, 5) is 14.6. The van der Waals surface area contributed by atoms with Gasteiger partial charge in [0, 0.05) is 12.2 Å². The first-order valence-corrected chi connectivity index (χ1v) is 6.95. The SMILES string of the molecule is CCC1CCC(Nc2nccc(C#N)c2[N+](=O)[O-])CC1. The molecule has 0 aromatic carbocycles. The summed E-state index contributed by atoms with van der Waals surface area (Å²) in [5, 5.41) is 23.2. The van der Waals surface area contributed by atoms with Crippen LogP contribution in [0.2, 0.25) is 0 Å². The molecule has 1 aliphatic carbocycles. The Morgan fingerprint density at radius 2 is 2.20 bits per heavy atom. The summed E-state index contributed by atoms with van der Waals surface area (Å²) in [6.07, 6.45) is 6.89. The summed E-state index contributed by atoms with van der Waals surface area (Å²) < 4.78 is 0. The number of nitriles is 1. The van der Waals surface area contributed by atoms with E-state index in [1.807, 2.05) is 6.07 Å². The second-order valence-electron chi connectivity index (χ2n) is 5.19. The van der Waals surface area contributed by atoms with Crippen LogP contribution in [0.5, 0.6) is 0 Å². The lowest BCUT2D eigenvalue weighted by Gasteiger charge is -2.28. The molecule has 1 heterocycles. The molecular weight excluding hydrogens is 256 g/mol. The molecule has 0 bridgehead atoms. The molecule has 1 fully saturated rings. The first-order valence-electron chi connectivity index (χ1n) is 6.95. The lowest BCUT2D eigenvalue weighted by Crippen LogP contribution is -2.26. The van der Waals surface area contributed by atoms with Gasteiger partial charge in [0.05, 0.1) is 4.92 Å². The minimum absolute atomic E-state index is 0.0507. The van der Waals surface area contributed by atoms with E-state index in [1.165, 1.54) is 18.7 Å². The van der Waals surface area contributed by atoms with Crippen molar-refractivity contribution in [3.63, 3.8) is 0 Å². The van der Waals surface area contributed by atoms with E-state index in [4.69, 9.17) is 5.26 Å². The Balaban J connectivity index is 2.14. The first kappa shape index (κ1) is 14.3. The predicted molar refractivity (Wildman–Crippen MR) is 75.3 cm³/mol. The van der Waals surface area contributed by atoms with Crippen LogP contribution < -0.4 is 5.32 Å². The van der Waals surface area contributed by atoms with Crippen LogP contribution in [-0.4, -0.2) is 15.9 Å². The quantitative estimate of drug-likeness (QED) is 0.672. The highest BCUT2D eigenvalue weighted by Crippen LogP contribution is 2.31. The molecule has 20 heavy (non-hydrogen) atoms. The van der Waals surface area contributed by atoms with Crippen LogP contribution >= 0.6 is 0 Å². The average Bonchev–Trinajstić information content (AvgIpc) is 2.47. The number of aromatic nitrogens is 1. The largest absolute Gasteiger partial charge is 0.362 e. The van der Waals surface area contributed by atoms with Crippen molar-refractivity contribution in [1.82, 2.24) is 4.98 Å². The normalized spacial score (nSPS) is 22.0. The second kappa shape index (κ2) is 6.33. The number of rotatable bonds is 4. The molecule has 0 saturated heterocycles. The van der Waals surface area contributed by atoms with Crippen LogP contribution in [-0.2, 0) is 0 Å². The van der Waals surface area contributed by atoms with Crippen molar-refractivity contribution < 1.29 is 4.92 Å². The fourth-order valence-electron chi connectivity index (χ4n) is 2.74. The summed E-state index contributed by atoms with van der Waals surface area (Å²) in [6.45, 7) is 2.20. The van der Waals surface area contributed by atoms with Crippen molar-refractivity contribution in [2.75, 3.05) is 5.32 Å². The number of nitrogens with one attached hydrogen (secondary N) is 1. The number of nitrogens with zero attached hydrogens (tertiary/aromatic N) is 3. The molecule has 1 N–H and O–H groups in total. The van der Waals surface area contributed by atoms with Gasteiger partial charge in [0.1, 0.15) is 11.6 Å². The van der Waals surface area contributed by atoms with Crippen molar-refractivity contribution in [2.24, 2.45) is 5.92 Å². The van der Waals surface area contributed by atoms with E-state index in [0.29, 0.717) is 0 Å². The molecule has 0 radical (unpaired) electrons. The van der Waals surface area contributed by atoms with Gasteiger partial charge in [-0.15, -0.1) is 0 Å². The molecule has 0 spiro atoms. The van der Waals surface area contributed by atoms with Crippen LogP contribution in [0.4, 0.5) is 11.5 Å². The summed E-state index contributed by atoms with van der Waals surface area (Å²) in [7, 11) is 0. The molecule has 1 aliphatic rings. The van der Waals surface area contributed by atoms with E-state index in [1.54, 1.807) is 0 Å². The van der Waals surface area contributed by atoms with Gasteiger partial charge in [-0.05, 0) is 37.7 Å². The van der Waals surface area contributed by atoms with E-state index >= 15 is 0 Å². The second-order valence-corrected chi connectivity index (χ2v) is 5.19. The molecular formula is C14H18N4O2. The zero-order chi connectivity index (χ0) is 14.5. The highest BCUT2D eigenvalue weighted by molar-refractivity contribution is 5.64. The van der Waals surface area contributed by atoms with Crippen molar-refractivity contribution in [2.45, 2.75) is 45.1 Å². The van der Waals surface area contributed by atoms with Gasteiger partial charge in [-0.25, -0.2) is 4.98 Å².